The number of aryl methyl sites for hydroxylation is 1. The van der Waals surface area contributed by atoms with Crippen molar-refractivity contribution in [3.8, 4) is 11.5 Å². The van der Waals surface area contributed by atoms with Gasteiger partial charge in [0.15, 0.2) is 11.5 Å². The van der Waals surface area contributed by atoms with Gasteiger partial charge in [0.25, 0.3) is 0 Å². The van der Waals surface area contributed by atoms with Crippen LogP contribution in [0, 0.1) is 12.8 Å². The van der Waals surface area contributed by atoms with Crippen LogP contribution >= 0.6 is 0 Å². The molecule has 3 aliphatic rings. The van der Waals surface area contributed by atoms with Crippen molar-refractivity contribution < 1.29 is 23.5 Å². The van der Waals surface area contributed by atoms with Crippen LogP contribution in [0.3, 0.4) is 0 Å². The quantitative estimate of drug-likeness (QED) is 0.745. The van der Waals surface area contributed by atoms with Gasteiger partial charge in [-0.1, -0.05) is 0 Å². The SMILES string of the molecule is Cc1ccc([C@H](CNC(=O)[C@@H]2CC(=O)N(c3ccc4c(c3)OCCO4)C2)N2CCCC2)o1. The van der Waals surface area contributed by atoms with E-state index >= 15 is 0 Å². The first-order chi connectivity index (χ1) is 15.6. The van der Waals surface area contributed by atoms with Crippen molar-refractivity contribution in [2.45, 2.75) is 32.2 Å². The summed E-state index contributed by atoms with van der Waals surface area (Å²) >= 11 is 0. The van der Waals surface area contributed by atoms with Crippen LogP contribution < -0.4 is 19.7 Å². The Kier molecular flexibility index (Phi) is 5.78. The first kappa shape index (κ1) is 20.9. The van der Waals surface area contributed by atoms with Gasteiger partial charge in [0.05, 0.1) is 12.0 Å². The Morgan fingerprint density at radius 3 is 2.66 bits per heavy atom. The number of ether oxygens (including phenoxy) is 2. The molecule has 4 heterocycles. The number of rotatable bonds is 6. The molecule has 8 nitrogen and oxygen atoms in total. The highest BCUT2D eigenvalue weighted by molar-refractivity contribution is 6.00. The van der Waals surface area contributed by atoms with Crippen LogP contribution in [-0.2, 0) is 9.59 Å². The van der Waals surface area contributed by atoms with Crippen molar-refractivity contribution in [1.29, 1.82) is 0 Å². The maximum Gasteiger partial charge on any atom is 0.227 e. The molecule has 2 amide bonds. The Labute approximate surface area is 187 Å². The molecule has 3 aliphatic heterocycles. The van der Waals surface area contributed by atoms with Gasteiger partial charge in [0.2, 0.25) is 11.8 Å². The zero-order valence-electron chi connectivity index (χ0n) is 18.3. The summed E-state index contributed by atoms with van der Waals surface area (Å²) in [5.41, 5.74) is 0.732. The number of nitrogens with zero attached hydrogens (tertiary/aromatic N) is 2. The van der Waals surface area contributed by atoms with Crippen LogP contribution in [0.1, 0.15) is 36.8 Å². The van der Waals surface area contributed by atoms with Crippen molar-refractivity contribution >= 4 is 17.5 Å². The van der Waals surface area contributed by atoms with Crippen molar-refractivity contribution in [2.75, 3.05) is 44.3 Å². The number of carbonyl (C=O) groups is 2. The highest BCUT2D eigenvalue weighted by Crippen LogP contribution is 2.36. The molecule has 0 unspecified atom stereocenters. The lowest BCUT2D eigenvalue weighted by molar-refractivity contribution is -0.126. The van der Waals surface area contributed by atoms with Crippen molar-refractivity contribution in [2.24, 2.45) is 5.92 Å². The number of nitrogens with one attached hydrogen (secondary N) is 1. The summed E-state index contributed by atoms with van der Waals surface area (Å²) in [5.74, 6) is 2.54. The molecular formula is C24H29N3O5. The number of carbonyl (C=O) groups excluding carboxylic acids is 2. The van der Waals surface area contributed by atoms with E-state index in [1.165, 1.54) is 0 Å². The van der Waals surface area contributed by atoms with E-state index in [0.717, 1.165) is 43.1 Å². The standard InChI is InChI=1S/C24H29N3O5/c1-16-4-6-20(32-16)19(26-8-2-3-9-26)14-25-24(29)17-12-23(28)27(15-17)18-5-7-21-22(13-18)31-11-10-30-21/h4-7,13,17,19H,2-3,8-12,14-15H2,1H3,(H,25,29)/t17-,19+/m1/s1. The lowest BCUT2D eigenvalue weighted by Gasteiger charge is -2.26. The largest absolute Gasteiger partial charge is 0.486 e. The predicted molar refractivity (Wildman–Crippen MR) is 118 cm³/mol. The molecule has 2 aromatic rings. The molecule has 2 saturated heterocycles. The lowest BCUT2D eigenvalue weighted by Crippen LogP contribution is -2.39. The van der Waals surface area contributed by atoms with E-state index in [2.05, 4.69) is 10.2 Å². The Morgan fingerprint density at radius 1 is 1.12 bits per heavy atom. The molecule has 5 rings (SSSR count). The summed E-state index contributed by atoms with van der Waals surface area (Å²) in [5, 5.41) is 3.09. The smallest absolute Gasteiger partial charge is 0.227 e. The summed E-state index contributed by atoms with van der Waals surface area (Å²) in [6.07, 6.45) is 2.52. The molecule has 0 saturated carbocycles. The average Bonchev–Trinajstić information content (AvgIpc) is 3.56. The van der Waals surface area contributed by atoms with Crippen LogP contribution in [0.25, 0.3) is 0 Å². The molecule has 0 radical (unpaired) electrons. The summed E-state index contributed by atoms with van der Waals surface area (Å²) in [7, 11) is 0. The summed E-state index contributed by atoms with van der Waals surface area (Å²) < 4.78 is 17.1. The third kappa shape index (κ3) is 4.19. The number of furan rings is 1. The lowest BCUT2D eigenvalue weighted by atomic mass is 10.1. The first-order valence-electron chi connectivity index (χ1n) is 11.4. The molecule has 170 valence electrons. The second-order valence-corrected chi connectivity index (χ2v) is 8.69. The van der Waals surface area contributed by atoms with Crippen molar-refractivity contribution in [1.82, 2.24) is 10.2 Å². The Bertz CT molecular complexity index is 997. The van der Waals surface area contributed by atoms with E-state index in [0.29, 0.717) is 37.8 Å². The minimum absolute atomic E-state index is 0.0150. The van der Waals surface area contributed by atoms with Gasteiger partial charge in [0, 0.05) is 31.3 Å². The van der Waals surface area contributed by atoms with Gasteiger partial charge < -0.3 is 24.1 Å². The minimum Gasteiger partial charge on any atom is -0.486 e. The van der Waals surface area contributed by atoms with Gasteiger partial charge in [-0.2, -0.15) is 0 Å². The molecule has 1 aromatic carbocycles. The summed E-state index contributed by atoms with van der Waals surface area (Å²) in [6, 6.07) is 9.44. The summed E-state index contributed by atoms with van der Waals surface area (Å²) in [6.45, 7) is 5.77. The first-order valence-corrected chi connectivity index (χ1v) is 11.4. The number of amides is 2. The van der Waals surface area contributed by atoms with E-state index in [-0.39, 0.29) is 30.2 Å². The second kappa shape index (κ2) is 8.86. The molecule has 2 atom stereocenters. The van der Waals surface area contributed by atoms with Gasteiger partial charge in [0.1, 0.15) is 24.7 Å². The number of fused-ring (bicyclic) bond motifs is 1. The third-order valence-electron chi connectivity index (χ3n) is 6.47. The average molecular weight is 440 g/mol. The Morgan fingerprint density at radius 2 is 1.91 bits per heavy atom. The van der Waals surface area contributed by atoms with Crippen molar-refractivity contribution in [3.63, 3.8) is 0 Å². The van der Waals surface area contributed by atoms with Crippen LogP contribution in [0.4, 0.5) is 5.69 Å². The Hall–Kier alpha value is -3.00. The molecule has 2 fully saturated rings. The zero-order valence-corrected chi connectivity index (χ0v) is 18.3. The monoisotopic (exact) mass is 439 g/mol. The van der Waals surface area contributed by atoms with Crippen LogP contribution in [0.2, 0.25) is 0 Å². The number of hydrogen-bond donors (Lipinski definition) is 1. The number of benzene rings is 1. The van der Waals surface area contributed by atoms with Crippen molar-refractivity contribution in [3.05, 3.63) is 41.9 Å². The zero-order chi connectivity index (χ0) is 22.1. The molecule has 0 bridgehead atoms. The van der Waals surface area contributed by atoms with Gasteiger partial charge >= 0.3 is 0 Å². The normalized spacial score (nSPS) is 21.7. The molecule has 1 aromatic heterocycles. The molecular weight excluding hydrogens is 410 g/mol. The molecule has 32 heavy (non-hydrogen) atoms. The van der Waals surface area contributed by atoms with E-state index in [1.54, 1.807) is 4.90 Å². The van der Waals surface area contributed by atoms with Gasteiger partial charge in [-0.05, 0) is 57.1 Å². The van der Waals surface area contributed by atoms with Crippen LogP contribution in [0.5, 0.6) is 11.5 Å². The molecule has 1 N–H and O–H groups in total. The van der Waals surface area contributed by atoms with E-state index < -0.39 is 0 Å². The van der Waals surface area contributed by atoms with Gasteiger partial charge in [-0.15, -0.1) is 0 Å². The van der Waals surface area contributed by atoms with Crippen LogP contribution in [-0.4, -0.2) is 56.1 Å². The Balaban J connectivity index is 1.23. The second-order valence-electron chi connectivity index (χ2n) is 8.69. The molecule has 0 spiro atoms. The third-order valence-corrected chi connectivity index (χ3v) is 6.47. The number of anilines is 1. The van der Waals surface area contributed by atoms with Crippen LogP contribution in [0.15, 0.2) is 34.7 Å². The van der Waals surface area contributed by atoms with E-state index in [1.807, 2.05) is 37.3 Å². The highest BCUT2D eigenvalue weighted by atomic mass is 16.6. The van der Waals surface area contributed by atoms with Gasteiger partial charge in [-0.25, -0.2) is 0 Å². The maximum absolute atomic E-state index is 13.0. The number of hydrogen-bond acceptors (Lipinski definition) is 6. The van der Waals surface area contributed by atoms with E-state index in [4.69, 9.17) is 13.9 Å². The predicted octanol–water partition coefficient (Wildman–Crippen LogP) is 2.67. The molecule has 0 aliphatic carbocycles. The fourth-order valence-corrected chi connectivity index (χ4v) is 4.77. The van der Waals surface area contributed by atoms with E-state index in [9.17, 15) is 9.59 Å². The fraction of sp³-hybridized carbons (Fsp3) is 0.500. The van der Waals surface area contributed by atoms with Gasteiger partial charge in [-0.3, -0.25) is 14.5 Å². The number of likely N-dealkylation sites (tertiary alicyclic amines) is 1. The topological polar surface area (TPSA) is 84.2 Å². The minimum atomic E-state index is -0.381. The fourth-order valence-electron chi connectivity index (χ4n) is 4.77. The highest BCUT2D eigenvalue weighted by Gasteiger charge is 2.36. The summed E-state index contributed by atoms with van der Waals surface area (Å²) in [4.78, 5) is 29.7. The molecule has 8 heteroatoms. The maximum atomic E-state index is 13.0.